The number of aromatic amines is 1. The maximum Gasteiger partial charge on any atom is 0.273 e. The molecule has 0 unspecified atom stereocenters. The molecule has 2 aromatic rings. The Morgan fingerprint density at radius 1 is 1.26 bits per heavy atom. The summed E-state index contributed by atoms with van der Waals surface area (Å²) in [5.41, 5.74) is 6.47. The standard InChI is InChI=1S/C12H8N6O/c13-5-7-1-2-9(3-8(7)6-14)16-12(19)10-4-11(15)18-17-10/h1-4H,(H,16,19)(H3,15,17,18). The molecule has 1 aromatic carbocycles. The number of H-pyrrole nitrogens is 1. The first-order valence-electron chi connectivity index (χ1n) is 5.20. The zero-order valence-corrected chi connectivity index (χ0v) is 9.64. The van der Waals surface area contributed by atoms with Crippen LogP contribution in [0.25, 0.3) is 0 Å². The fourth-order valence-electron chi connectivity index (χ4n) is 1.46. The van der Waals surface area contributed by atoms with Crippen LogP contribution in [0, 0.1) is 22.7 Å². The summed E-state index contributed by atoms with van der Waals surface area (Å²) >= 11 is 0. The Morgan fingerprint density at radius 3 is 2.58 bits per heavy atom. The Hall–Kier alpha value is -3.32. The van der Waals surface area contributed by atoms with Crippen LogP contribution in [0.3, 0.4) is 0 Å². The van der Waals surface area contributed by atoms with E-state index in [1.807, 2.05) is 12.1 Å². The number of carbonyl (C=O) groups excluding carboxylic acids is 1. The smallest absolute Gasteiger partial charge is 0.273 e. The Bertz CT molecular complexity index is 719. The molecule has 4 N–H and O–H groups in total. The lowest BCUT2D eigenvalue weighted by molar-refractivity contribution is 0.102. The van der Waals surface area contributed by atoms with E-state index in [-0.39, 0.29) is 22.6 Å². The van der Waals surface area contributed by atoms with Crippen LogP contribution < -0.4 is 11.1 Å². The molecule has 0 bridgehead atoms. The quantitative estimate of drug-likeness (QED) is 0.733. The second-order valence-electron chi connectivity index (χ2n) is 3.64. The van der Waals surface area contributed by atoms with E-state index >= 15 is 0 Å². The van der Waals surface area contributed by atoms with Gasteiger partial charge in [-0.3, -0.25) is 9.89 Å². The highest BCUT2D eigenvalue weighted by Crippen LogP contribution is 2.15. The molecule has 92 valence electrons. The molecule has 7 heteroatoms. The molecule has 0 aliphatic rings. The van der Waals surface area contributed by atoms with E-state index < -0.39 is 5.91 Å². The number of aromatic nitrogens is 2. The Balaban J connectivity index is 2.23. The van der Waals surface area contributed by atoms with Crippen molar-refractivity contribution in [3.63, 3.8) is 0 Å². The first kappa shape index (κ1) is 12.1. The highest BCUT2D eigenvalue weighted by molar-refractivity contribution is 6.03. The summed E-state index contributed by atoms with van der Waals surface area (Å²) < 4.78 is 0. The van der Waals surface area contributed by atoms with Gasteiger partial charge in [-0.2, -0.15) is 15.6 Å². The van der Waals surface area contributed by atoms with Gasteiger partial charge in [0.1, 0.15) is 23.7 Å². The highest BCUT2D eigenvalue weighted by atomic mass is 16.1. The molecule has 0 saturated carbocycles. The summed E-state index contributed by atoms with van der Waals surface area (Å²) in [6.07, 6.45) is 0. The van der Waals surface area contributed by atoms with E-state index in [2.05, 4.69) is 15.5 Å². The minimum absolute atomic E-state index is 0.199. The van der Waals surface area contributed by atoms with Gasteiger partial charge in [-0.25, -0.2) is 0 Å². The number of carbonyl (C=O) groups is 1. The van der Waals surface area contributed by atoms with Crippen molar-refractivity contribution >= 4 is 17.4 Å². The minimum Gasteiger partial charge on any atom is -0.382 e. The molecular formula is C12H8N6O. The highest BCUT2D eigenvalue weighted by Gasteiger charge is 2.10. The van der Waals surface area contributed by atoms with E-state index in [4.69, 9.17) is 16.3 Å². The van der Waals surface area contributed by atoms with Crippen LogP contribution in [0.1, 0.15) is 21.6 Å². The first-order valence-corrected chi connectivity index (χ1v) is 5.20. The largest absolute Gasteiger partial charge is 0.382 e. The molecule has 0 radical (unpaired) electrons. The SMILES string of the molecule is N#Cc1ccc(NC(=O)c2cc(N)n[nH]2)cc1C#N. The van der Waals surface area contributed by atoms with Crippen molar-refractivity contribution in [2.45, 2.75) is 0 Å². The van der Waals surface area contributed by atoms with E-state index in [0.29, 0.717) is 5.69 Å². The molecule has 0 spiro atoms. The number of hydrogen-bond donors (Lipinski definition) is 3. The molecule has 7 nitrogen and oxygen atoms in total. The number of nitrogens with one attached hydrogen (secondary N) is 2. The summed E-state index contributed by atoms with van der Waals surface area (Å²) in [5, 5.41) is 26.3. The molecule has 1 heterocycles. The summed E-state index contributed by atoms with van der Waals surface area (Å²) in [4.78, 5) is 11.8. The lowest BCUT2D eigenvalue weighted by Crippen LogP contribution is -2.12. The molecule has 0 saturated heterocycles. The predicted octanol–water partition coefficient (Wildman–Crippen LogP) is 0.988. The van der Waals surface area contributed by atoms with E-state index in [9.17, 15) is 4.79 Å². The molecule has 19 heavy (non-hydrogen) atoms. The van der Waals surface area contributed by atoms with Crippen molar-refractivity contribution in [2.24, 2.45) is 0 Å². The van der Waals surface area contributed by atoms with Crippen LogP contribution >= 0.6 is 0 Å². The van der Waals surface area contributed by atoms with Gasteiger partial charge >= 0.3 is 0 Å². The topological polar surface area (TPSA) is 131 Å². The third-order valence-electron chi connectivity index (χ3n) is 2.36. The molecular weight excluding hydrogens is 244 g/mol. The van der Waals surface area contributed by atoms with E-state index in [1.165, 1.54) is 24.3 Å². The zero-order chi connectivity index (χ0) is 13.8. The number of anilines is 2. The number of benzene rings is 1. The second kappa shape index (κ2) is 4.90. The fourth-order valence-corrected chi connectivity index (χ4v) is 1.46. The molecule has 0 fully saturated rings. The monoisotopic (exact) mass is 252 g/mol. The van der Waals surface area contributed by atoms with Crippen LogP contribution in [0.5, 0.6) is 0 Å². The van der Waals surface area contributed by atoms with Crippen molar-refractivity contribution in [3.8, 4) is 12.1 Å². The molecule has 1 aromatic heterocycles. The van der Waals surface area contributed by atoms with E-state index in [1.54, 1.807) is 0 Å². The van der Waals surface area contributed by atoms with Gasteiger partial charge in [0.15, 0.2) is 0 Å². The van der Waals surface area contributed by atoms with Crippen LogP contribution in [-0.2, 0) is 0 Å². The van der Waals surface area contributed by atoms with Gasteiger partial charge < -0.3 is 11.1 Å². The molecule has 1 amide bonds. The molecule has 2 rings (SSSR count). The minimum atomic E-state index is -0.433. The van der Waals surface area contributed by atoms with Crippen LogP contribution in [0.2, 0.25) is 0 Å². The average Bonchev–Trinajstić information content (AvgIpc) is 2.85. The average molecular weight is 252 g/mol. The zero-order valence-electron chi connectivity index (χ0n) is 9.64. The van der Waals surface area contributed by atoms with Gasteiger partial charge in [0, 0.05) is 11.8 Å². The number of nitrogens with zero attached hydrogens (tertiary/aromatic N) is 3. The predicted molar refractivity (Wildman–Crippen MR) is 66.8 cm³/mol. The summed E-state index contributed by atoms with van der Waals surface area (Å²) in [6.45, 7) is 0. The maximum atomic E-state index is 11.8. The number of nitriles is 2. The number of nitrogens with two attached hydrogens (primary N) is 1. The third kappa shape index (κ3) is 2.51. The molecule has 0 aliphatic carbocycles. The van der Waals surface area contributed by atoms with Gasteiger partial charge in [0.05, 0.1) is 11.1 Å². The molecule has 0 aliphatic heterocycles. The van der Waals surface area contributed by atoms with Crippen LogP contribution in [-0.4, -0.2) is 16.1 Å². The van der Waals surface area contributed by atoms with Crippen molar-refractivity contribution in [1.82, 2.24) is 10.2 Å². The van der Waals surface area contributed by atoms with Gasteiger partial charge in [-0.1, -0.05) is 0 Å². The van der Waals surface area contributed by atoms with Crippen molar-refractivity contribution in [2.75, 3.05) is 11.1 Å². The summed E-state index contributed by atoms with van der Waals surface area (Å²) in [6, 6.07) is 9.61. The summed E-state index contributed by atoms with van der Waals surface area (Å²) in [5.74, 6) is -0.222. The third-order valence-corrected chi connectivity index (χ3v) is 2.36. The van der Waals surface area contributed by atoms with Gasteiger partial charge in [0.25, 0.3) is 5.91 Å². The Morgan fingerprint density at radius 2 is 2.00 bits per heavy atom. The lowest BCUT2D eigenvalue weighted by atomic mass is 10.1. The number of rotatable bonds is 2. The lowest BCUT2D eigenvalue weighted by Gasteiger charge is -2.04. The van der Waals surface area contributed by atoms with Gasteiger partial charge in [0.2, 0.25) is 0 Å². The maximum absolute atomic E-state index is 11.8. The van der Waals surface area contributed by atoms with Crippen LogP contribution in [0.15, 0.2) is 24.3 Å². The van der Waals surface area contributed by atoms with Crippen molar-refractivity contribution < 1.29 is 4.79 Å². The van der Waals surface area contributed by atoms with Crippen LogP contribution in [0.4, 0.5) is 11.5 Å². The Kier molecular flexibility index (Phi) is 3.13. The number of amides is 1. The second-order valence-corrected chi connectivity index (χ2v) is 3.64. The van der Waals surface area contributed by atoms with Crippen molar-refractivity contribution in [3.05, 3.63) is 41.1 Å². The van der Waals surface area contributed by atoms with Gasteiger partial charge in [-0.15, -0.1) is 0 Å². The van der Waals surface area contributed by atoms with Gasteiger partial charge in [-0.05, 0) is 18.2 Å². The fraction of sp³-hybridized carbons (Fsp3) is 0. The van der Waals surface area contributed by atoms with E-state index in [0.717, 1.165) is 0 Å². The van der Waals surface area contributed by atoms with Crippen molar-refractivity contribution in [1.29, 1.82) is 10.5 Å². The summed E-state index contributed by atoms with van der Waals surface area (Å²) in [7, 11) is 0. The Labute approximate surface area is 108 Å². The number of hydrogen-bond acceptors (Lipinski definition) is 5. The number of nitrogen functional groups attached to an aromatic ring is 1. The normalized spacial score (nSPS) is 9.37. The first-order chi connectivity index (χ1) is 9.13. The molecule has 0 atom stereocenters.